The van der Waals surface area contributed by atoms with Crippen molar-refractivity contribution in [1.29, 1.82) is 0 Å². The Morgan fingerprint density at radius 1 is 1.16 bits per heavy atom. The van der Waals surface area contributed by atoms with Crippen molar-refractivity contribution >= 4 is 12.4 Å². The average Bonchev–Trinajstić information content (AvgIpc) is 2.81. The average molecular weight is 445 g/mol. The lowest BCUT2D eigenvalue weighted by Gasteiger charge is -2.29. The summed E-state index contributed by atoms with van der Waals surface area (Å²) >= 11 is 0. The first-order chi connectivity index (χ1) is 15.5. The zero-order valence-corrected chi connectivity index (χ0v) is 18.6. The number of aliphatic hydroxyl groups excluding tert-OH is 1. The van der Waals surface area contributed by atoms with Gasteiger partial charge in [-0.2, -0.15) is 0 Å². The molecular formula is C24H32N2O6. The van der Waals surface area contributed by atoms with Gasteiger partial charge >= 0.3 is 6.09 Å². The number of unbranched alkanes of at least 4 members (excludes halogenated alkanes) is 1. The number of aliphatic hydroxyl groups is 1. The van der Waals surface area contributed by atoms with Crippen LogP contribution in [0.2, 0.25) is 0 Å². The van der Waals surface area contributed by atoms with Gasteiger partial charge in [0.2, 0.25) is 0 Å². The van der Waals surface area contributed by atoms with Gasteiger partial charge in [-0.1, -0.05) is 49.7 Å². The molecule has 2 N–H and O–H groups in total. The van der Waals surface area contributed by atoms with E-state index in [1.54, 1.807) is 18.2 Å². The van der Waals surface area contributed by atoms with Crippen LogP contribution < -0.4 is 14.9 Å². The lowest BCUT2D eigenvalue weighted by Crippen LogP contribution is -2.50. The smallest absolute Gasteiger partial charge is 0.407 e. The molecule has 0 saturated carbocycles. The lowest BCUT2D eigenvalue weighted by molar-refractivity contribution is -0.110. The summed E-state index contributed by atoms with van der Waals surface area (Å²) < 4.78 is 10.1. The first-order valence-electron chi connectivity index (χ1n) is 10.7. The maximum absolute atomic E-state index is 12.1. The van der Waals surface area contributed by atoms with Crippen LogP contribution in [0.3, 0.4) is 0 Å². The molecule has 2 rings (SSSR count). The molecule has 2 aromatic rings. The van der Waals surface area contributed by atoms with Gasteiger partial charge in [0.05, 0.1) is 25.8 Å². The zero-order chi connectivity index (χ0) is 23.2. The first kappa shape index (κ1) is 25.2. The first-order valence-corrected chi connectivity index (χ1v) is 10.7. The molecule has 8 heteroatoms. The number of nitrogens with one attached hydrogen (secondary N) is 1. The number of nitrogens with zero attached hydrogens (tertiary/aromatic N) is 1. The van der Waals surface area contributed by atoms with Gasteiger partial charge in [-0.3, -0.25) is 4.79 Å². The predicted molar refractivity (Wildman–Crippen MR) is 121 cm³/mol. The second kappa shape index (κ2) is 14.1. The number of hydrogen-bond acceptors (Lipinski definition) is 7. The van der Waals surface area contributed by atoms with Crippen molar-refractivity contribution in [3.05, 3.63) is 60.2 Å². The van der Waals surface area contributed by atoms with E-state index in [0.29, 0.717) is 30.8 Å². The van der Waals surface area contributed by atoms with Crippen molar-refractivity contribution < 1.29 is 29.0 Å². The Kier molecular flexibility index (Phi) is 11.1. The fourth-order valence-corrected chi connectivity index (χ4v) is 3.11. The number of hydrogen-bond donors (Lipinski definition) is 2. The van der Waals surface area contributed by atoms with Crippen molar-refractivity contribution in [3.8, 4) is 11.5 Å². The van der Waals surface area contributed by atoms with Crippen LogP contribution in [0.1, 0.15) is 25.3 Å². The van der Waals surface area contributed by atoms with E-state index in [2.05, 4.69) is 12.2 Å². The van der Waals surface area contributed by atoms with Crippen LogP contribution in [0.4, 0.5) is 4.79 Å². The second-order valence-electron chi connectivity index (χ2n) is 7.28. The maximum atomic E-state index is 12.1. The molecule has 32 heavy (non-hydrogen) atoms. The minimum absolute atomic E-state index is 0.155. The van der Waals surface area contributed by atoms with Gasteiger partial charge in [0.15, 0.2) is 12.0 Å². The number of carbonyl (C=O) groups excluding carboxylic acids is 2. The van der Waals surface area contributed by atoms with Crippen LogP contribution >= 0.6 is 0 Å². The van der Waals surface area contributed by atoms with E-state index in [-0.39, 0.29) is 13.2 Å². The molecule has 8 nitrogen and oxygen atoms in total. The second-order valence-corrected chi connectivity index (χ2v) is 7.28. The fourth-order valence-electron chi connectivity index (χ4n) is 3.11. The van der Waals surface area contributed by atoms with Crippen molar-refractivity contribution in [2.45, 2.75) is 38.3 Å². The number of carbonyl (C=O) groups is 2. The lowest BCUT2D eigenvalue weighted by atomic mass is 10.0. The third kappa shape index (κ3) is 8.95. The zero-order valence-electron chi connectivity index (χ0n) is 18.6. The summed E-state index contributed by atoms with van der Waals surface area (Å²) in [6, 6.07) is 16.1. The van der Waals surface area contributed by atoms with Crippen molar-refractivity contribution in [2.75, 3.05) is 26.8 Å². The van der Waals surface area contributed by atoms with Gasteiger partial charge in [0.25, 0.3) is 0 Å². The van der Waals surface area contributed by atoms with E-state index in [1.165, 1.54) is 0 Å². The highest BCUT2D eigenvalue weighted by molar-refractivity contribution is 5.69. The molecule has 0 aromatic heterocycles. The van der Waals surface area contributed by atoms with E-state index in [4.69, 9.17) is 14.3 Å². The Balaban J connectivity index is 2.12. The summed E-state index contributed by atoms with van der Waals surface area (Å²) in [5, 5.41) is 15.4. The summed E-state index contributed by atoms with van der Waals surface area (Å²) in [7, 11) is 1.58. The number of alkyl carbamates (subject to hydrolysis) is 1. The molecule has 1 amide bonds. The van der Waals surface area contributed by atoms with Crippen molar-refractivity contribution in [3.63, 3.8) is 0 Å². The molecule has 0 spiro atoms. The van der Waals surface area contributed by atoms with E-state index >= 15 is 0 Å². The van der Waals surface area contributed by atoms with Crippen LogP contribution in [-0.2, 0) is 16.0 Å². The molecule has 0 aliphatic rings. The molecule has 0 saturated heterocycles. The molecule has 0 fully saturated rings. The fraction of sp³-hybridized carbons (Fsp3) is 0.417. The van der Waals surface area contributed by atoms with Crippen molar-refractivity contribution in [2.24, 2.45) is 0 Å². The summed E-state index contributed by atoms with van der Waals surface area (Å²) in [6.07, 6.45) is 0.995. The van der Waals surface area contributed by atoms with Gasteiger partial charge < -0.3 is 24.7 Å². The molecule has 0 bridgehead atoms. The normalized spacial score (nSPS) is 12.6. The standard InChI is InChI=1S/C24H32N2O6/c1-3-4-13-26(32-21-12-8-11-20(17-21)30-2)18-23(28)22(25-24(29)31-15-14-27)16-19-9-6-5-7-10-19/h5-12,14,17,22-23,28H,3-4,13,15-16,18H2,1-2H3,(H,25,29). The van der Waals surface area contributed by atoms with E-state index in [9.17, 15) is 14.7 Å². The highest BCUT2D eigenvalue weighted by Gasteiger charge is 2.25. The Hall–Kier alpha value is -3.10. The molecular weight excluding hydrogens is 412 g/mol. The molecule has 0 aliphatic heterocycles. The van der Waals surface area contributed by atoms with E-state index < -0.39 is 18.2 Å². The predicted octanol–water partition coefficient (Wildman–Crippen LogP) is 2.99. The monoisotopic (exact) mass is 444 g/mol. The van der Waals surface area contributed by atoms with Crippen LogP contribution in [0.5, 0.6) is 11.5 Å². The number of ether oxygens (including phenoxy) is 2. The number of benzene rings is 2. The molecule has 0 aliphatic carbocycles. The highest BCUT2D eigenvalue weighted by Crippen LogP contribution is 2.20. The van der Waals surface area contributed by atoms with Gasteiger partial charge in [0.1, 0.15) is 12.4 Å². The third-order valence-corrected chi connectivity index (χ3v) is 4.78. The van der Waals surface area contributed by atoms with Gasteiger partial charge in [-0.25, -0.2) is 4.79 Å². The van der Waals surface area contributed by atoms with E-state index in [1.807, 2.05) is 48.5 Å². The summed E-state index contributed by atoms with van der Waals surface area (Å²) in [5.41, 5.74) is 0.945. The molecule has 0 radical (unpaired) electrons. The molecule has 2 unspecified atom stereocenters. The topological polar surface area (TPSA) is 97.3 Å². The Labute approximate surface area is 189 Å². The number of rotatable bonds is 14. The summed E-state index contributed by atoms with van der Waals surface area (Å²) in [4.78, 5) is 28.6. The minimum Gasteiger partial charge on any atom is -0.497 e. The largest absolute Gasteiger partial charge is 0.497 e. The van der Waals surface area contributed by atoms with Gasteiger partial charge in [0, 0.05) is 12.6 Å². The number of aldehydes is 1. The van der Waals surface area contributed by atoms with Crippen LogP contribution in [0, 0.1) is 0 Å². The number of methoxy groups -OCH3 is 1. The Bertz CT molecular complexity index is 817. The quantitative estimate of drug-likeness (QED) is 0.341. The summed E-state index contributed by atoms with van der Waals surface area (Å²) in [5.74, 6) is 1.26. The van der Waals surface area contributed by atoms with Gasteiger partial charge in [-0.05, 0) is 30.5 Å². The van der Waals surface area contributed by atoms with Crippen molar-refractivity contribution in [1.82, 2.24) is 10.4 Å². The van der Waals surface area contributed by atoms with E-state index in [0.717, 1.165) is 18.4 Å². The van der Waals surface area contributed by atoms with Crippen LogP contribution in [0.25, 0.3) is 0 Å². The SMILES string of the molecule is CCCCN(CC(O)C(Cc1ccccc1)NC(=O)OCC=O)Oc1cccc(OC)c1. The molecule has 174 valence electrons. The van der Waals surface area contributed by atoms with Gasteiger partial charge in [-0.15, -0.1) is 5.06 Å². The van der Waals surface area contributed by atoms with Crippen LogP contribution in [0.15, 0.2) is 54.6 Å². The molecule has 0 heterocycles. The molecule has 2 aromatic carbocycles. The Morgan fingerprint density at radius 3 is 2.59 bits per heavy atom. The summed E-state index contributed by atoms with van der Waals surface area (Å²) in [6.45, 7) is 2.48. The minimum atomic E-state index is -0.957. The maximum Gasteiger partial charge on any atom is 0.407 e. The van der Waals surface area contributed by atoms with Crippen LogP contribution in [-0.4, -0.2) is 61.5 Å². The molecule has 2 atom stereocenters. The number of amides is 1. The number of hydroxylamine groups is 2. The Morgan fingerprint density at radius 2 is 1.91 bits per heavy atom. The third-order valence-electron chi connectivity index (χ3n) is 4.78. The highest BCUT2D eigenvalue weighted by atomic mass is 16.7.